The number of carbonyl (C=O) groups is 5. The quantitative estimate of drug-likeness (QED) is 0.141. The van der Waals surface area contributed by atoms with Gasteiger partial charge in [0.25, 0.3) is 5.91 Å². The van der Waals surface area contributed by atoms with Crippen LogP contribution in [-0.4, -0.2) is 70.5 Å². The molecule has 0 fully saturated rings. The molecule has 4 amide bonds. The SMILES string of the molecule is O=C1COc2ccc(cc2)C[C@@H](C(=O)O)NC(=O)[C@H](CCc2ccccc2)NC(=O)[C@@H](Cc2ccc(-c3ccncc3)cc2)NC(=O)[C@H](Cc2cccs2)N1. The highest BCUT2D eigenvalue weighted by molar-refractivity contribution is 7.09. The first-order chi connectivity index (χ1) is 26.7. The Bertz CT molecular complexity index is 2060. The van der Waals surface area contributed by atoms with Gasteiger partial charge < -0.3 is 31.1 Å². The van der Waals surface area contributed by atoms with Gasteiger partial charge in [-0.25, -0.2) is 4.79 Å². The zero-order valence-electron chi connectivity index (χ0n) is 29.9. The smallest absolute Gasteiger partial charge is 0.326 e. The van der Waals surface area contributed by atoms with E-state index in [1.54, 1.807) is 36.7 Å². The fraction of sp³-hybridized carbons (Fsp3) is 0.238. The molecule has 0 radical (unpaired) electrons. The van der Waals surface area contributed by atoms with E-state index in [-0.39, 0.29) is 25.7 Å². The molecule has 282 valence electrons. The van der Waals surface area contributed by atoms with E-state index in [2.05, 4.69) is 26.3 Å². The number of nitrogens with zero attached hydrogens (tertiary/aromatic N) is 1. The second-order valence-corrected chi connectivity index (χ2v) is 14.3. The fourth-order valence-electron chi connectivity index (χ4n) is 6.25. The largest absolute Gasteiger partial charge is 0.484 e. The number of amides is 4. The van der Waals surface area contributed by atoms with E-state index in [1.807, 2.05) is 84.2 Å². The van der Waals surface area contributed by atoms with Gasteiger partial charge in [-0.3, -0.25) is 24.2 Å². The summed E-state index contributed by atoms with van der Waals surface area (Å²) in [6.07, 6.45) is 4.12. The monoisotopic (exact) mass is 759 g/mol. The summed E-state index contributed by atoms with van der Waals surface area (Å²) in [6.45, 7) is -0.391. The minimum absolute atomic E-state index is 0.0419. The Balaban J connectivity index is 1.33. The zero-order chi connectivity index (χ0) is 38.6. The van der Waals surface area contributed by atoms with Crippen molar-refractivity contribution >= 4 is 40.9 Å². The number of carboxylic acid groups (broad SMARTS) is 1. The maximum absolute atomic E-state index is 14.3. The summed E-state index contributed by atoms with van der Waals surface area (Å²) >= 11 is 1.43. The third-order valence-corrected chi connectivity index (χ3v) is 10.1. The highest BCUT2D eigenvalue weighted by atomic mass is 32.1. The standard InChI is InChI=1S/C42H41N5O7S/c48-38-26-54-32-15-10-29(11-16-32)24-37(42(52)53)47-39(49)34(17-12-27-5-2-1-3-6-27)45-40(50)35(46-41(51)36(44-38)25-33-7-4-22-55-33)23-28-8-13-30(14-9-28)31-18-20-43-21-19-31/h1-11,13-16,18-22,34-37H,12,17,23-26H2,(H,44,48)(H,45,50)(H,46,51)(H,47,49)(H,52,53)/t34-,35+,36-,37-/m0/s1. The molecule has 2 aromatic heterocycles. The lowest BCUT2D eigenvalue weighted by atomic mass is 9.99. The first-order valence-corrected chi connectivity index (χ1v) is 18.8. The van der Waals surface area contributed by atoms with Gasteiger partial charge in [0, 0.05) is 36.5 Å². The molecule has 0 aliphatic carbocycles. The van der Waals surface area contributed by atoms with Crippen LogP contribution < -0.4 is 26.0 Å². The van der Waals surface area contributed by atoms with Gasteiger partial charge in [0.05, 0.1) is 0 Å². The highest BCUT2D eigenvalue weighted by Crippen LogP contribution is 2.20. The summed E-state index contributed by atoms with van der Waals surface area (Å²) in [5.74, 6) is -3.37. The summed E-state index contributed by atoms with van der Waals surface area (Å²) < 4.78 is 5.69. The lowest BCUT2D eigenvalue weighted by Gasteiger charge is -2.26. The molecular formula is C42H41N5O7S. The number of fused-ring (bicyclic) bond motifs is 16. The highest BCUT2D eigenvalue weighted by Gasteiger charge is 2.32. The van der Waals surface area contributed by atoms with Gasteiger partial charge in [0.2, 0.25) is 17.7 Å². The average molecular weight is 760 g/mol. The van der Waals surface area contributed by atoms with Gasteiger partial charge in [-0.15, -0.1) is 11.3 Å². The van der Waals surface area contributed by atoms with E-state index in [0.717, 1.165) is 27.1 Å². The number of hydrogen-bond acceptors (Lipinski definition) is 8. The van der Waals surface area contributed by atoms with Crippen molar-refractivity contribution in [3.05, 3.63) is 142 Å². The van der Waals surface area contributed by atoms with Crippen LogP contribution in [0.3, 0.4) is 0 Å². The molecule has 2 aliphatic rings. The number of hydrogen-bond donors (Lipinski definition) is 5. The lowest BCUT2D eigenvalue weighted by Crippen LogP contribution is -2.59. The van der Waals surface area contributed by atoms with Crippen molar-refractivity contribution in [2.75, 3.05) is 6.61 Å². The molecule has 2 bridgehead atoms. The van der Waals surface area contributed by atoms with E-state index < -0.39 is 60.4 Å². The van der Waals surface area contributed by atoms with E-state index >= 15 is 0 Å². The lowest BCUT2D eigenvalue weighted by molar-refractivity contribution is -0.142. The molecule has 4 heterocycles. The minimum Gasteiger partial charge on any atom is -0.484 e. The number of aromatic nitrogens is 1. The van der Waals surface area contributed by atoms with Crippen LogP contribution in [-0.2, 0) is 49.7 Å². The number of thiophene rings is 1. The van der Waals surface area contributed by atoms with Crippen LogP contribution in [0, 0.1) is 0 Å². The molecule has 0 saturated carbocycles. The molecule has 5 N–H and O–H groups in total. The Morgan fingerprint density at radius 1 is 0.691 bits per heavy atom. The Morgan fingerprint density at radius 3 is 2.02 bits per heavy atom. The van der Waals surface area contributed by atoms with Gasteiger partial charge in [-0.05, 0) is 76.4 Å². The minimum atomic E-state index is -1.31. The fourth-order valence-corrected chi connectivity index (χ4v) is 7.00. The summed E-state index contributed by atoms with van der Waals surface area (Å²) in [7, 11) is 0. The number of pyridine rings is 1. The first kappa shape index (κ1) is 38.4. The van der Waals surface area contributed by atoms with Gasteiger partial charge >= 0.3 is 5.97 Å². The number of nitrogens with one attached hydrogen (secondary N) is 4. The molecule has 3 aromatic carbocycles. The number of carboxylic acids is 1. The van der Waals surface area contributed by atoms with Crippen LogP contribution in [0.15, 0.2) is 121 Å². The molecule has 12 nitrogen and oxygen atoms in total. The van der Waals surface area contributed by atoms with E-state index in [9.17, 15) is 29.1 Å². The summed E-state index contributed by atoms with van der Waals surface area (Å²) in [5.41, 5.74) is 4.14. The van der Waals surface area contributed by atoms with Crippen molar-refractivity contribution < 1.29 is 33.8 Å². The Labute approximate surface area is 322 Å². The number of ether oxygens (including phenoxy) is 1. The van der Waals surface area contributed by atoms with Crippen molar-refractivity contribution in [3.8, 4) is 16.9 Å². The second kappa shape index (κ2) is 18.6. The Hall–Kier alpha value is -6.34. The molecule has 7 rings (SSSR count). The third kappa shape index (κ3) is 11.1. The normalized spacial score (nSPS) is 19.7. The molecule has 0 saturated heterocycles. The van der Waals surface area contributed by atoms with Crippen molar-refractivity contribution in [2.45, 2.75) is 56.3 Å². The molecule has 0 unspecified atom stereocenters. The van der Waals surface area contributed by atoms with Crippen molar-refractivity contribution in [3.63, 3.8) is 0 Å². The van der Waals surface area contributed by atoms with Gasteiger partial charge in [0.15, 0.2) is 6.61 Å². The first-order valence-electron chi connectivity index (χ1n) is 17.9. The maximum Gasteiger partial charge on any atom is 0.326 e. The summed E-state index contributed by atoms with van der Waals surface area (Å²) in [4.78, 5) is 72.8. The maximum atomic E-state index is 14.3. The number of carbonyl (C=O) groups excluding carboxylic acids is 4. The predicted octanol–water partition coefficient (Wildman–Crippen LogP) is 3.89. The number of rotatable bonds is 9. The average Bonchev–Trinajstić information content (AvgIpc) is 3.72. The molecule has 55 heavy (non-hydrogen) atoms. The van der Waals surface area contributed by atoms with Crippen molar-refractivity contribution in [1.82, 2.24) is 26.3 Å². The van der Waals surface area contributed by atoms with E-state index in [4.69, 9.17) is 4.74 Å². The van der Waals surface area contributed by atoms with Crippen LogP contribution in [0.4, 0.5) is 0 Å². The van der Waals surface area contributed by atoms with Crippen LogP contribution in [0.5, 0.6) is 5.75 Å². The third-order valence-electron chi connectivity index (χ3n) is 9.22. The molecule has 0 spiro atoms. The van der Waals surface area contributed by atoms with E-state index in [0.29, 0.717) is 17.7 Å². The number of benzene rings is 3. The second-order valence-electron chi connectivity index (χ2n) is 13.2. The van der Waals surface area contributed by atoms with Crippen molar-refractivity contribution in [2.24, 2.45) is 0 Å². The van der Waals surface area contributed by atoms with Crippen LogP contribution in [0.2, 0.25) is 0 Å². The summed E-state index contributed by atoms with van der Waals surface area (Å²) in [5, 5.41) is 23.1. The van der Waals surface area contributed by atoms with Gasteiger partial charge in [-0.2, -0.15) is 0 Å². The topological polar surface area (TPSA) is 176 Å². The zero-order valence-corrected chi connectivity index (χ0v) is 30.7. The predicted molar refractivity (Wildman–Crippen MR) is 207 cm³/mol. The molecular weight excluding hydrogens is 719 g/mol. The molecule has 13 heteroatoms. The number of aliphatic carboxylic acids is 1. The van der Waals surface area contributed by atoms with Crippen LogP contribution >= 0.6 is 11.3 Å². The van der Waals surface area contributed by atoms with Crippen LogP contribution in [0.1, 0.15) is 28.0 Å². The molecule has 4 atom stereocenters. The van der Waals surface area contributed by atoms with Crippen LogP contribution in [0.25, 0.3) is 11.1 Å². The van der Waals surface area contributed by atoms with Gasteiger partial charge in [-0.1, -0.05) is 72.8 Å². The van der Waals surface area contributed by atoms with E-state index in [1.165, 1.54) is 11.3 Å². The van der Waals surface area contributed by atoms with Gasteiger partial charge in [0.1, 0.15) is 29.9 Å². The molecule has 2 aliphatic heterocycles. The Kier molecular flexibility index (Phi) is 13.0. The summed E-state index contributed by atoms with van der Waals surface area (Å²) in [6, 6.07) is 26.2. The molecule has 5 aromatic rings. The number of aryl methyl sites for hydroxylation is 1. The van der Waals surface area contributed by atoms with Crippen molar-refractivity contribution in [1.29, 1.82) is 0 Å². The Morgan fingerprint density at radius 2 is 1.35 bits per heavy atom.